The van der Waals surface area contributed by atoms with E-state index in [0.717, 1.165) is 0 Å². The van der Waals surface area contributed by atoms with Gasteiger partial charge in [-0.25, -0.2) is 0 Å². The Morgan fingerprint density at radius 3 is 2.56 bits per heavy atom. The Balaban J connectivity index is 3.08. The summed E-state index contributed by atoms with van der Waals surface area (Å²) in [7, 11) is 0. The van der Waals surface area contributed by atoms with Crippen molar-refractivity contribution in [3.63, 3.8) is 0 Å². The van der Waals surface area contributed by atoms with Crippen LogP contribution < -0.4 is 0 Å². The number of rotatable bonds is 2. The normalized spacial score (nSPS) is 19.2. The standard InChI is InChI=1S/C8H10O/c9-7-6-8-4-2-1-3-5-8/h1-5,9H,6-7H2/i6D2,7D2. The third-order valence-corrected chi connectivity index (χ3v) is 0.974. The predicted octanol–water partition coefficient (Wildman–Crippen LogP) is 1.22. The van der Waals surface area contributed by atoms with Crippen molar-refractivity contribution in [3.05, 3.63) is 35.9 Å². The molecule has 1 N–H and O–H groups in total. The van der Waals surface area contributed by atoms with Crippen LogP contribution in [0, 0.1) is 0 Å². The lowest BCUT2D eigenvalue weighted by atomic mass is 10.2. The van der Waals surface area contributed by atoms with E-state index < -0.39 is 12.9 Å². The van der Waals surface area contributed by atoms with E-state index in [0.29, 0.717) is 0 Å². The third-order valence-electron chi connectivity index (χ3n) is 0.974. The second kappa shape index (κ2) is 3.25. The van der Waals surface area contributed by atoms with Crippen LogP contribution in [-0.4, -0.2) is 11.7 Å². The van der Waals surface area contributed by atoms with E-state index in [4.69, 9.17) is 10.6 Å². The molecule has 0 spiro atoms. The molecule has 0 heterocycles. The molecule has 0 unspecified atom stereocenters. The molecule has 0 aliphatic carbocycles. The minimum atomic E-state index is -2.87. The van der Waals surface area contributed by atoms with E-state index in [1.807, 2.05) is 0 Å². The largest absolute Gasteiger partial charge is 0.396 e. The zero-order chi connectivity index (χ0) is 10.1. The average molecular weight is 126 g/mol. The van der Waals surface area contributed by atoms with Crippen molar-refractivity contribution in [1.29, 1.82) is 0 Å². The van der Waals surface area contributed by atoms with Gasteiger partial charge in [0, 0.05) is 9.30 Å². The van der Waals surface area contributed by atoms with Crippen molar-refractivity contribution in [2.75, 3.05) is 6.56 Å². The molecule has 0 saturated heterocycles. The van der Waals surface area contributed by atoms with E-state index in [2.05, 4.69) is 0 Å². The Hall–Kier alpha value is -0.820. The zero-order valence-corrected chi connectivity index (χ0v) is 4.83. The van der Waals surface area contributed by atoms with Crippen molar-refractivity contribution in [2.45, 2.75) is 6.37 Å². The van der Waals surface area contributed by atoms with Crippen LogP contribution >= 0.6 is 0 Å². The monoisotopic (exact) mass is 126 g/mol. The van der Waals surface area contributed by atoms with Crippen molar-refractivity contribution in [3.8, 4) is 0 Å². The molecule has 0 fully saturated rings. The molecular formula is C8H10O. The van der Waals surface area contributed by atoms with Crippen LogP contribution in [0.25, 0.3) is 0 Å². The van der Waals surface area contributed by atoms with Gasteiger partial charge in [-0.1, -0.05) is 30.3 Å². The van der Waals surface area contributed by atoms with Gasteiger partial charge in [0.1, 0.15) is 0 Å². The van der Waals surface area contributed by atoms with Gasteiger partial charge in [0.15, 0.2) is 0 Å². The highest BCUT2D eigenvalue weighted by Gasteiger charge is 1.85. The second-order valence-electron chi connectivity index (χ2n) is 1.60. The molecule has 0 atom stereocenters. The number of hydrogen-bond acceptors (Lipinski definition) is 1. The highest BCUT2D eigenvalue weighted by atomic mass is 16.2. The molecule has 1 aromatic carbocycles. The minimum Gasteiger partial charge on any atom is -0.396 e. The van der Waals surface area contributed by atoms with Gasteiger partial charge in [-0.2, -0.15) is 0 Å². The summed E-state index contributed by atoms with van der Waals surface area (Å²) in [5.41, 5.74) is 0.127. The van der Waals surface area contributed by atoms with Crippen LogP contribution in [0.1, 0.15) is 11.0 Å². The summed E-state index contributed by atoms with van der Waals surface area (Å²) in [5.74, 6) is 0. The van der Waals surface area contributed by atoms with E-state index >= 15 is 0 Å². The zero-order valence-electron chi connectivity index (χ0n) is 8.83. The lowest BCUT2D eigenvalue weighted by Gasteiger charge is -1.93. The van der Waals surface area contributed by atoms with Crippen LogP contribution in [0.15, 0.2) is 30.3 Å². The molecule has 9 heavy (non-hydrogen) atoms. The minimum absolute atomic E-state index is 0.127. The first kappa shape index (κ1) is 2.84. The van der Waals surface area contributed by atoms with Gasteiger partial charge >= 0.3 is 0 Å². The van der Waals surface area contributed by atoms with Gasteiger partial charge in [0.2, 0.25) is 0 Å². The van der Waals surface area contributed by atoms with Crippen molar-refractivity contribution >= 4 is 0 Å². The Morgan fingerprint density at radius 1 is 1.33 bits per heavy atom. The van der Waals surface area contributed by atoms with Crippen molar-refractivity contribution < 1.29 is 10.6 Å². The Kier molecular flexibility index (Phi) is 1.03. The molecule has 0 aliphatic rings. The smallest absolute Gasteiger partial charge is 0.0567 e. The number of aryl methyl sites for hydroxylation is 1. The predicted molar refractivity (Wildman–Crippen MR) is 37.2 cm³/mol. The molecule has 1 aromatic rings. The molecule has 0 aliphatic heterocycles. The first-order valence-corrected chi connectivity index (χ1v) is 2.63. The maximum Gasteiger partial charge on any atom is 0.0567 e. The quantitative estimate of drug-likeness (QED) is 0.631. The molecule has 0 aromatic heterocycles. The van der Waals surface area contributed by atoms with Crippen LogP contribution in [0.2, 0.25) is 0 Å². The Bertz CT molecular complexity index is 278. The van der Waals surface area contributed by atoms with Crippen LogP contribution in [0.5, 0.6) is 0 Å². The highest BCUT2D eigenvalue weighted by Crippen LogP contribution is 1.97. The SMILES string of the molecule is [2H]C([2H])(O)C([2H])([2H])c1ccccc1. The fourth-order valence-corrected chi connectivity index (χ4v) is 0.586. The van der Waals surface area contributed by atoms with Crippen LogP contribution in [-0.2, 0) is 6.37 Å². The molecule has 0 bridgehead atoms. The fourth-order valence-electron chi connectivity index (χ4n) is 0.586. The molecule has 0 amide bonds. The maximum atomic E-state index is 8.96. The Morgan fingerprint density at radius 2 is 2.00 bits per heavy atom. The number of hydrogen-bond donors (Lipinski definition) is 1. The molecular weight excluding hydrogens is 112 g/mol. The molecule has 48 valence electrons. The van der Waals surface area contributed by atoms with Crippen molar-refractivity contribution in [2.24, 2.45) is 0 Å². The molecule has 1 nitrogen and oxygen atoms in total. The number of aliphatic hydroxyl groups is 1. The van der Waals surface area contributed by atoms with E-state index in [1.54, 1.807) is 18.2 Å². The van der Waals surface area contributed by atoms with E-state index in [9.17, 15) is 0 Å². The average Bonchev–Trinajstić information content (AvgIpc) is 2.04. The first-order chi connectivity index (χ1) is 5.86. The van der Waals surface area contributed by atoms with Gasteiger partial charge in [0.05, 0.1) is 2.74 Å². The molecule has 1 rings (SSSR count). The summed E-state index contributed by atoms with van der Waals surface area (Å²) in [6, 6.07) is 7.77. The van der Waals surface area contributed by atoms with Gasteiger partial charge < -0.3 is 5.11 Å². The highest BCUT2D eigenvalue weighted by molar-refractivity contribution is 5.14. The van der Waals surface area contributed by atoms with Crippen LogP contribution in [0.3, 0.4) is 0 Å². The van der Waals surface area contributed by atoms with E-state index in [1.165, 1.54) is 12.1 Å². The van der Waals surface area contributed by atoms with Gasteiger partial charge in [0.25, 0.3) is 0 Å². The summed E-state index contributed by atoms with van der Waals surface area (Å²) in [4.78, 5) is 0. The first-order valence-electron chi connectivity index (χ1n) is 4.63. The fraction of sp³-hybridized carbons (Fsp3) is 0.250. The third kappa shape index (κ3) is 1.86. The van der Waals surface area contributed by atoms with Crippen LogP contribution in [0.4, 0.5) is 0 Å². The summed E-state index contributed by atoms with van der Waals surface area (Å²) in [5, 5.41) is 8.96. The lowest BCUT2D eigenvalue weighted by Crippen LogP contribution is -1.88. The van der Waals surface area contributed by atoms with Gasteiger partial charge in [-0.3, -0.25) is 0 Å². The summed E-state index contributed by atoms with van der Waals surface area (Å²) < 4.78 is 28.6. The molecule has 1 heteroatoms. The van der Waals surface area contributed by atoms with E-state index in [-0.39, 0.29) is 5.56 Å². The Labute approximate surface area is 60.6 Å². The number of benzene rings is 1. The molecule has 0 radical (unpaired) electrons. The summed E-state index contributed by atoms with van der Waals surface area (Å²) >= 11 is 0. The van der Waals surface area contributed by atoms with Crippen molar-refractivity contribution in [1.82, 2.24) is 0 Å². The topological polar surface area (TPSA) is 20.2 Å². The lowest BCUT2D eigenvalue weighted by molar-refractivity contribution is 0.299. The second-order valence-corrected chi connectivity index (χ2v) is 1.60. The summed E-state index contributed by atoms with van der Waals surface area (Å²) in [6.45, 7) is -2.87. The molecule has 0 saturated carbocycles. The van der Waals surface area contributed by atoms with Gasteiger partial charge in [-0.05, 0) is 11.9 Å². The summed E-state index contributed by atoms with van der Waals surface area (Å²) in [6.07, 6.45) is -2.38. The maximum absolute atomic E-state index is 8.96. The van der Waals surface area contributed by atoms with Gasteiger partial charge in [-0.15, -0.1) is 0 Å².